The van der Waals surface area contributed by atoms with Crippen LogP contribution >= 0.6 is 0 Å². The molecule has 128 valence electrons. The molecule has 1 aliphatic heterocycles. The van der Waals surface area contributed by atoms with Crippen LogP contribution in [-0.2, 0) is 11.2 Å². The van der Waals surface area contributed by atoms with Crippen molar-refractivity contribution in [3.63, 3.8) is 0 Å². The highest BCUT2D eigenvalue weighted by atomic mass is 16.2. The molecular weight excluding hydrogens is 300 g/mol. The van der Waals surface area contributed by atoms with Crippen LogP contribution in [-0.4, -0.2) is 47.0 Å². The van der Waals surface area contributed by atoms with Gasteiger partial charge in [0.05, 0.1) is 6.04 Å². The van der Waals surface area contributed by atoms with Gasteiger partial charge in [-0.15, -0.1) is 0 Å². The second-order valence-electron chi connectivity index (χ2n) is 7.22. The molecule has 0 unspecified atom stereocenters. The van der Waals surface area contributed by atoms with Crippen LogP contribution in [0.3, 0.4) is 0 Å². The van der Waals surface area contributed by atoms with Gasteiger partial charge in [0.1, 0.15) is 0 Å². The molecule has 1 amide bonds. The highest BCUT2D eigenvalue weighted by Gasteiger charge is 2.32. The number of H-pyrrole nitrogens is 1. The Kier molecular flexibility index (Phi) is 4.29. The lowest BCUT2D eigenvalue weighted by atomic mass is 10.0. The van der Waals surface area contributed by atoms with Gasteiger partial charge in [-0.3, -0.25) is 4.79 Å². The number of likely N-dealkylation sites (tertiary alicyclic amines) is 1. The number of nitrogens with one attached hydrogen (secondary N) is 2. The molecule has 5 nitrogen and oxygen atoms in total. The lowest BCUT2D eigenvalue weighted by Crippen LogP contribution is -2.50. The number of aromatic amines is 1. The number of carbonyl (C=O) groups excluding carboxylic acids is 1. The molecule has 5 heteroatoms. The second kappa shape index (κ2) is 6.57. The summed E-state index contributed by atoms with van der Waals surface area (Å²) >= 11 is 0. The average molecular weight is 326 g/mol. The third-order valence-corrected chi connectivity index (χ3v) is 5.39. The second-order valence-corrected chi connectivity index (χ2v) is 7.22. The highest BCUT2D eigenvalue weighted by Crippen LogP contribution is 2.29. The molecule has 4 rings (SSSR count). The lowest BCUT2D eigenvalue weighted by Gasteiger charge is -2.32. The Morgan fingerprint density at radius 2 is 2.00 bits per heavy atom. The number of benzene rings is 1. The van der Waals surface area contributed by atoms with Crippen molar-refractivity contribution < 1.29 is 4.79 Å². The molecule has 24 heavy (non-hydrogen) atoms. The van der Waals surface area contributed by atoms with Crippen molar-refractivity contribution in [3.8, 4) is 0 Å². The van der Waals surface area contributed by atoms with E-state index in [4.69, 9.17) is 5.73 Å². The Bertz CT molecular complexity index is 713. The zero-order valence-electron chi connectivity index (χ0n) is 14.0. The van der Waals surface area contributed by atoms with Crippen LogP contribution in [0.15, 0.2) is 30.5 Å². The summed E-state index contributed by atoms with van der Waals surface area (Å²) in [6.45, 7) is 2.21. The summed E-state index contributed by atoms with van der Waals surface area (Å²) in [6.07, 6.45) is 7.33. The fraction of sp³-hybridized carbons (Fsp3) is 0.526. The molecule has 1 saturated carbocycles. The molecule has 1 aromatic carbocycles. The predicted molar refractivity (Wildman–Crippen MR) is 95.7 cm³/mol. The molecule has 2 heterocycles. The molecule has 1 aromatic heterocycles. The van der Waals surface area contributed by atoms with E-state index >= 15 is 0 Å². The number of hydrogen-bond donors (Lipinski definition) is 3. The van der Waals surface area contributed by atoms with Gasteiger partial charge in [-0.1, -0.05) is 18.2 Å². The maximum Gasteiger partial charge on any atom is 0.237 e. The van der Waals surface area contributed by atoms with Gasteiger partial charge in [-0.2, -0.15) is 0 Å². The molecule has 2 aliphatic rings. The molecule has 2 aromatic rings. The van der Waals surface area contributed by atoms with Crippen molar-refractivity contribution in [2.24, 2.45) is 5.73 Å². The minimum atomic E-state index is -0.495. The van der Waals surface area contributed by atoms with Crippen LogP contribution in [0.4, 0.5) is 0 Å². The first-order chi connectivity index (χ1) is 11.7. The van der Waals surface area contributed by atoms with Crippen molar-refractivity contribution >= 4 is 16.8 Å². The van der Waals surface area contributed by atoms with Crippen LogP contribution in [0.5, 0.6) is 0 Å². The van der Waals surface area contributed by atoms with E-state index in [0.717, 1.165) is 48.4 Å². The van der Waals surface area contributed by atoms with Gasteiger partial charge in [-0.05, 0) is 43.7 Å². The normalized spacial score (nSPS) is 21.0. The third-order valence-electron chi connectivity index (χ3n) is 5.39. The predicted octanol–water partition coefficient (Wildman–Crippen LogP) is 1.78. The Morgan fingerprint density at radius 1 is 1.25 bits per heavy atom. The smallest absolute Gasteiger partial charge is 0.237 e. The summed E-state index contributed by atoms with van der Waals surface area (Å²) in [4.78, 5) is 18.2. The molecule has 1 saturated heterocycles. The topological polar surface area (TPSA) is 74.1 Å². The maximum absolute atomic E-state index is 12.4. The largest absolute Gasteiger partial charge is 0.361 e. The van der Waals surface area contributed by atoms with Gasteiger partial charge in [0.25, 0.3) is 0 Å². The minimum Gasteiger partial charge on any atom is -0.361 e. The Balaban J connectivity index is 1.31. The van der Waals surface area contributed by atoms with Gasteiger partial charge in [-0.25, -0.2) is 0 Å². The first-order valence-electron chi connectivity index (χ1n) is 9.05. The number of nitrogens with zero attached hydrogens (tertiary/aromatic N) is 1. The first kappa shape index (κ1) is 15.7. The number of piperidine rings is 1. The van der Waals surface area contributed by atoms with E-state index in [1.165, 1.54) is 12.8 Å². The zero-order valence-corrected chi connectivity index (χ0v) is 14.0. The number of fused-ring (bicyclic) bond motifs is 1. The number of carbonyl (C=O) groups is 1. The number of amides is 1. The van der Waals surface area contributed by atoms with Gasteiger partial charge < -0.3 is 20.9 Å². The van der Waals surface area contributed by atoms with Crippen molar-refractivity contribution in [2.75, 3.05) is 13.1 Å². The molecule has 1 aliphatic carbocycles. The average Bonchev–Trinajstić information content (AvgIpc) is 3.38. The van der Waals surface area contributed by atoms with Crippen LogP contribution < -0.4 is 11.1 Å². The molecule has 0 radical (unpaired) electrons. The van der Waals surface area contributed by atoms with E-state index in [1.54, 1.807) is 0 Å². The minimum absolute atomic E-state index is 0.0230. The van der Waals surface area contributed by atoms with Gasteiger partial charge in [0.15, 0.2) is 0 Å². The van der Waals surface area contributed by atoms with Crippen molar-refractivity contribution in [3.05, 3.63) is 36.0 Å². The van der Waals surface area contributed by atoms with Crippen molar-refractivity contribution in [1.82, 2.24) is 15.2 Å². The van der Waals surface area contributed by atoms with Crippen LogP contribution in [0.25, 0.3) is 10.9 Å². The van der Waals surface area contributed by atoms with Crippen LogP contribution in [0.2, 0.25) is 0 Å². The van der Waals surface area contributed by atoms with E-state index in [-0.39, 0.29) is 11.9 Å². The Hall–Kier alpha value is -1.85. The Labute approximate surface area is 142 Å². The van der Waals surface area contributed by atoms with E-state index in [2.05, 4.69) is 21.3 Å². The summed E-state index contributed by atoms with van der Waals surface area (Å²) in [5, 5.41) is 4.31. The number of aromatic nitrogens is 1. The summed E-state index contributed by atoms with van der Waals surface area (Å²) < 4.78 is 0. The SMILES string of the molecule is N[C@@H](Cc1c[nH]c2ccccc12)C(=O)NC1CCN(C2CC2)CC1. The highest BCUT2D eigenvalue weighted by molar-refractivity contribution is 5.86. The van der Waals surface area contributed by atoms with E-state index in [0.29, 0.717) is 6.42 Å². The third kappa shape index (κ3) is 3.32. The molecule has 2 fully saturated rings. The van der Waals surface area contributed by atoms with Gasteiger partial charge in [0.2, 0.25) is 5.91 Å². The summed E-state index contributed by atoms with van der Waals surface area (Å²) in [5.74, 6) is -0.0230. The Morgan fingerprint density at radius 3 is 2.75 bits per heavy atom. The number of hydrogen-bond acceptors (Lipinski definition) is 3. The van der Waals surface area contributed by atoms with E-state index in [9.17, 15) is 4.79 Å². The fourth-order valence-electron chi connectivity index (χ4n) is 3.79. The molecule has 4 N–H and O–H groups in total. The first-order valence-corrected chi connectivity index (χ1v) is 9.05. The number of rotatable bonds is 5. The molecule has 1 atom stereocenters. The summed E-state index contributed by atoms with van der Waals surface area (Å²) in [7, 11) is 0. The summed E-state index contributed by atoms with van der Waals surface area (Å²) in [5.41, 5.74) is 8.36. The summed E-state index contributed by atoms with van der Waals surface area (Å²) in [6, 6.07) is 8.73. The van der Waals surface area contributed by atoms with E-state index < -0.39 is 6.04 Å². The van der Waals surface area contributed by atoms with Gasteiger partial charge >= 0.3 is 0 Å². The standard InChI is InChI=1S/C19H26N4O/c20-17(11-13-12-21-18-4-2-1-3-16(13)18)19(24)22-14-7-9-23(10-8-14)15-5-6-15/h1-4,12,14-15,17,21H,5-11,20H2,(H,22,24)/t17-/m0/s1. The monoisotopic (exact) mass is 326 g/mol. The maximum atomic E-state index is 12.4. The lowest BCUT2D eigenvalue weighted by molar-refractivity contribution is -0.123. The van der Waals surface area contributed by atoms with Gasteiger partial charge in [0, 0.05) is 42.3 Å². The van der Waals surface area contributed by atoms with Crippen molar-refractivity contribution in [1.29, 1.82) is 0 Å². The quantitative estimate of drug-likeness (QED) is 0.784. The molecule has 0 spiro atoms. The molecule has 0 bridgehead atoms. The van der Waals surface area contributed by atoms with Crippen molar-refractivity contribution in [2.45, 2.75) is 50.2 Å². The van der Waals surface area contributed by atoms with Crippen LogP contribution in [0.1, 0.15) is 31.2 Å². The van der Waals surface area contributed by atoms with Crippen LogP contribution in [0, 0.1) is 0 Å². The van der Waals surface area contributed by atoms with E-state index in [1.807, 2.05) is 24.4 Å². The number of nitrogens with two attached hydrogens (primary N) is 1. The fourth-order valence-corrected chi connectivity index (χ4v) is 3.79. The molecular formula is C19H26N4O. The zero-order chi connectivity index (χ0) is 16.5. The number of para-hydroxylation sites is 1.